The van der Waals surface area contributed by atoms with Gasteiger partial charge in [0, 0.05) is 30.6 Å². The summed E-state index contributed by atoms with van der Waals surface area (Å²) in [4.78, 5) is 13.2. The number of rotatable bonds is 3. The van der Waals surface area contributed by atoms with E-state index in [1.807, 2.05) is 0 Å². The fourth-order valence-corrected chi connectivity index (χ4v) is 2.46. The molecule has 0 aromatic carbocycles. The first-order valence-corrected chi connectivity index (χ1v) is 5.17. The summed E-state index contributed by atoms with van der Waals surface area (Å²) in [7, 11) is 0. The molecular formula is C10H21N3O. The molecule has 1 heterocycles. The van der Waals surface area contributed by atoms with Crippen LogP contribution in [0.2, 0.25) is 0 Å². The molecule has 1 amide bonds. The van der Waals surface area contributed by atoms with E-state index in [4.69, 9.17) is 11.5 Å². The Hall–Kier alpha value is -0.610. The largest absolute Gasteiger partial charge is 0.370 e. The first-order chi connectivity index (χ1) is 6.34. The van der Waals surface area contributed by atoms with Crippen LogP contribution >= 0.6 is 0 Å². The fraction of sp³-hybridized carbons (Fsp3) is 0.900. The van der Waals surface area contributed by atoms with E-state index in [-0.39, 0.29) is 5.91 Å². The van der Waals surface area contributed by atoms with Gasteiger partial charge in [-0.3, -0.25) is 9.69 Å². The minimum Gasteiger partial charge on any atom is -0.370 e. The van der Waals surface area contributed by atoms with E-state index in [0.717, 1.165) is 13.0 Å². The molecule has 0 bridgehead atoms. The minimum absolute atomic E-state index is 0.292. The van der Waals surface area contributed by atoms with Crippen LogP contribution in [0.15, 0.2) is 0 Å². The molecule has 0 aromatic heterocycles. The van der Waals surface area contributed by atoms with Crippen LogP contribution in [0, 0.1) is 0 Å². The lowest BCUT2D eigenvalue weighted by Crippen LogP contribution is -2.46. The van der Waals surface area contributed by atoms with E-state index in [1.54, 1.807) is 0 Å². The van der Waals surface area contributed by atoms with Crippen LogP contribution in [0.1, 0.15) is 33.6 Å². The molecule has 82 valence electrons. The summed E-state index contributed by atoms with van der Waals surface area (Å²) in [6.45, 7) is 7.21. The van der Waals surface area contributed by atoms with Crippen LogP contribution in [-0.4, -0.2) is 35.0 Å². The van der Waals surface area contributed by atoms with E-state index in [1.165, 1.54) is 0 Å². The summed E-state index contributed by atoms with van der Waals surface area (Å²) >= 11 is 0. The zero-order valence-corrected chi connectivity index (χ0v) is 9.29. The molecule has 4 nitrogen and oxygen atoms in total. The molecule has 1 fully saturated rings. The zero-order valence-electron chi connectivity index (χ0n) is 9.29. The molecule has 1 saturated heterocycles. The third kappa shape index (κ3) is 2.45. The van der Waals surface area contributed by atoms with E-state index in [2.05, 4.69) is 25.7 Å². The van der Waals surface area contributed by atoms with Gasteiger partial charge in [-0.05, 0) is 27.2 Å². The maximum atomic E-state index is 10.9. The number of carbonyl (C=O) groups is 1. The van der Waals surface area contributed by atoms with Crippen LogP contribution in [0.25, 0.3) is 0 Å². The predicted molar refractivity (Wildman–Crippen MR) is 56.7 cm³/mol. The molecule has 0 aromatic rings. The number of primary amides is 1. The molecule has 2 unspecified atom stereocenters. The van der Waals surface area contributed by atoms with Crippen LogP contribution in [0.4, 0.5) is 0 Å². The van der Waals surface area contributed by atoms with Gasteiger partial charge in [0.2, 0.25) is 5.91 Å². The third-order valence-electron chi connectivity index (χ3n) is 2.96. The van der Waals surface area contributed by atoms with Crippen molar-refractivity contribution < 1.29 is 4.79 Å². The Bertz CT molecular complexity index is 229. The Morgan fingerprint density at radius 2 is 2.21 bits per heavy atom. The lowest BCUT2D eigenvalue weighted by Gasteiger charge is -2.26. The summed E-state index contributed by atoms with van der Waals surface area (Å²) in [6, 6.07) is 0.919. The molecule has 0 aliphatic carbocycles. The zero-order chi connectivity index (χ0) is 10.9. The third-order valence-corrected chi connectivity index (χ3v) is 2.96. The molecule has 1 aliphatic rings. The average Bonchev–Trinajstić information content (AvgIpc) is 2.24. The molecule has 0 spiro atoms. The monoisotopic (exact) mass is 199 g/mol. The number of amides is 1. The van der Waals surface area contributed by atoms with Crippen LogP contribution < -0.4 is 11.5 Å². The fourth-order valence-electron chi connectivity index (χ4n) is 2.46. The van der Waals surface area contributed by atoms with Gasteiger partial charge in [0.25, 0.3) is 0 Å². The highest BCUT2D eigenvalue weighted by Gasteiger charge is 2.40. The Morgan fingerprint density at radius 3 is 2.57 bits per heavy atom. The Labute approximate surface area is 85.6 Å². The highest BCUT2D eigenvalue weighted by Crippen LogP contribution is 2.28. The van der Waals surface area contributed by atoms with Gasteiger partial charge in [0.15, 0.2) is 0 Å². The molecular weight excluding hydrogens is 178 g/mol. The van der Waals surface area contributed by atoms with Crippen molar-refractivity contribution in [3.8, 4) is 0 Å². The lowest BCUT2D eigenvalue weighted by molar-refractivity contribution is -0.119. The summed E-state index contributed by atoms with van der Waals surface area (Å²) in [6.07, 6.45) is 1.15. The maximum absolute atomic E-state index is 10.9. The van der Waals surface area contributed by atoms with E-state index < -0.39 is 5.54 Å². The molecule has 0 radical (unpaired) electrons. The first kappa shape index (κ1) is 11.5. The van der Waals surface area contributed by atoms with Crippen molar-refractivity contribution in [3.63, 3.8) is 0 Å². The van der Waals surface area contributed by atoms with Crippen molar-refractivity contribution in [1.29, 1.82) is 0 Å². The highest BCUT2D eigenvalue weighted by molar-refractivity contribution is 5.75. The second kappa shape index (κ2) is 3.87. The van der Waals surface area contributed by atoms with Gasteiger partial charge in [-0.25, -0.2) is 0 Å². The number of likely N-dealkylation sites (tertiary alicyclic amines) is 1. The van der Waals surface area contributed by atoms with Gasteiger partial charge in [-0.15, -0.1) is 0 Å². The lowest BCUT2D eigenvalue weighted by atomic mass is 9.93. The van der Waals surface area contributed by atoms with Gasteiger partial charge in [0.05, 0.1) is 0 Å². The van der Waals surface area contributed by atoms with Crippen molar-refractivity contribution >= 4 is 5.91 Å². The second-order valence-corrected chi connectivity index (χ2v) is 4.82. The standard InChI is InChI=1S/C10H21N3O/c1-7(2)13-6-10(12,4-8(13)3)5-9(11)14/h7-8H,4-6,12H2,1-3H3,(H2,11,14). The van der Waals surface area contributed by atoms with E-state index >= 15 is 0 Å². The van der Waals surface area contributed by atoms with Crippen LogP contribution in [0.3, 0.4) is 0 Å². The quantitative estimate of drug-likeness (QED) is 0.675. The normalized spacial score (nSPS) is 33.9. The van der Waals surface area contributed by atoms with Crippen molar-refractivity contribution in [2.24, 2.45) is 11.5 Å². The smallest absolute Gasteiger partial charge is 0.219 e. The number of carbonyl (C=O) groups excluding carboxylic acids is 1. The number of hydrogen-bond donors (Lipinski definition) is 2. The van der Waals surface area contributed by atoms with Crippen molar-refractivity contribution in [2.75, 3.05) is 6.54 Å². The molecule has 0 saturated carbocycles. The summed E-state index contributed by atoms with van der Waals surface area (Å²) < 4.78 is 0. The van der Waals surface area contributed by atoms with Crippen LogP contribution in [0.5, 0.6) is 0 Å². The molecule has 4 N–H and O–H groups in total. The van der Waals surface area contributed by atoms with Gasteiger partial charge in [-0.1, -0.05) is 0 Å². The van der Waals surface area contributed by atoms with Crippen LogP contribution in [-0.2, 0) is 4.79 Å². The summed E-state index contributed by atoms with van der Waals surface area (Å²) in [5.41, 5.74) is 10.9. The molecule has 1 aliphatic heterocycles. The number of nitrogens with zero attached hydrogens (tertiary/aromatic N) is 1. The molecule has 2 atom stereocenters. The first-order valence-electron chi connectivity index (χ1n) is 5.17. The maximum Gasteiger partial charge on any atom is 0.219 e. The topological polar surface area (TPSA) is 72.3 Å². The minimum atomic E-state index is -0.407. The molecule has 4 heteroatoms. The van der Waals surface area contributed by atoms with Gasteiger partial charge in [0.1, 0.15) is 0 Å². The SMILES string of the molecule is CC(C)N1CC(N)(CC(N)=O)CC1C. The summed E-state index contributed by atoms with van der Waals surface area (Å²) in [5.74, 6) is -0.301. The van der Waals surface area contributed by atoms with Gasteiger partial charge >= 0.3 is 0 Å². The Balaban J connectivity index is 2.65. The number of hydrogen-bond acceptors (Lipinski definition) is 3. The highest BCUT2D eigenvalue weighted by atomic mass is 16.1. The van der Waals surface area contributed by atoms with Crippen molar-refractivity contribution in [2.45, 2.75) is 51.2 Å². The Kier molecular flexibility index (Phi) is 3.17. The van der Waals surface area contributed by atoms with Gasteiger partial charge in [-0.2, -0.15) is 0 Å². The molecule has 1 rings (SSSR count). The predicted octanol–water partition coefficient (Wildman–Crippen LogP) is 0.0619. The van der Waals surface area contributed by atoms with Crippen molar-refractivity contribution in [1.82, 2.24) is 4.90 Å². The second-order valence-electron chi connectivity index (χ2n) is 4.82. The average molecular weight is 199 g/mol. The number of nitrogens with two attached hydrogens (primary N) is 2. The Morgan fingerprint density at radius 1 is 1.64 bits per heavy atom. The molecule has 14 heavy (non-hydrogen) atoms. The van der Waals surface area contributed by atoms with E-state index in [0.29, 0.717) is 18.5 Å². The van der Waals surface area contributed by atoms with Gasteiger partial charge < -0.3 is 11.5 Å². The van der Waals surface area contributed by atoms with Crippen molar-refractivity contribution in [3.05, 3.63) is 0 Å². The van der Waals surface area contributed by atoms with E-state index in [9.17, 15) is 4.79 Å². The summed E-state index contributed by atoms with van der Waals surface area (Å²) in [5, 5.41) is 0.